The maximum Gasteiger partial charge on any atom is 0.334 e. The Morgan fingerprint density at radius 1 is 0.889 bits per heavy atom. The third kappa shape index (κ3) is 2.14. The van der Waals surface area contributed by atoms with Gasteiger partial charge in [-0.2, -0.15) is 0 Å². The predicted octanol–water partition coefficient (Wildman–Crippen LogP) is 1.43. The normalized spacial score (nSPS) is 13.9. The molecule has 1 aliphatic rings. The van der Waals surface area contributed by atoms with Crippen LogP contribution in [0.4, 0.5) is 0 Å². The number of carbonyl (C=O) groups is 2. The highest BCUT2D eigenvalue weighted by molar-refractivity contribution is 6.01. The number of hydrogen-bond acceptors (Lipinski definition) is 4. The van der Waals surface area contributed by atoms with Crippen molar-refractivity contribution < 1.29 is 19.1 Å². The third-order valence-corrected chi connectivity index (χ3v) is 3.08. The van der Waals surface area contributed by atoms with Crippen LogP contribution in [-0.2, 0) is 31.9 Å². The molecule has 0 saturated heterocycles. The van der Waals surface area contributed by atoms with Crippen LogP contribution >= 0.6 is 0 Å². The van der Waals surface area contributed by atoms with Crippen molar-refractivity contribution in [3.8, 4) is 0 Å². The number of benzene rings is 1. The molecule has 0 amide bonds. The Morgan fingerprint density at radius 2 is 1.28 bits per heavy atom. The van der Waals surface area contributed by atoms with Gasteiger partial charge in [0.1, 0.15) is 0 Å². The van der Waals surface area contributed by atoms with Gasteiger partial charge in [0.05, 0.1) is 25.4 Å². The van der Waals surface area contributed by atoms with Crippen LogP contribution < -0.4 is 0 Å². The van der Waals surface area contributed by atoms with E-state index in [1.807, 2.05) is 24.3 Å². The van der Waals surface area contributed by atoms with Crippen molar-refractivity contribution in [1.29, 1.82) is 0 Å². The fourth-order valence-corrected chi connectivity index (χ4v) is 2.13. The Morgan fingerprint density at radius 3 is 1.61 bits per heavy atom. The summed E-state index contributed by atoms with van der Waals surface area (Å²) in [5.74, 6) is -0.935. The van der Waals surface area contributed by atoms with Crippen LogP contribution in [0.2, 0.25) is 0 Å². The second-order valence-electron chi connectivity index (χ2n) is 4.06. The summed E-state index contributed by atoms with van der Waals surface area (Å²) in [6.07, 6.45) is 0.820. The van der Waals surface area contributed by atoms with Crippen molar-refractivity contribution in [1.82, 2.24) is 0 Å². The van der Waals surface area contributed by atoms with Gasteiger partial charge in [-0.1, -0.05) is 24.3 Å². The highest BCUT2D eigenvalue weighted by Gasteiger charge is 2.27. The highest BCUT2D eigenvalue weighted by atomic mass is 16.5. The fraction of sp³-hybridized carbons (Fsp3) is 0.286. The molecule has 0 spiro atoms. The van der Waals surface area contributed by atoms with Crippen LogP contribution in [0, 0.1) is 0 Å². The lowest BCUT2D eigenvalue weighted by Crippen LogP contribution is -2.22. The fourth-order valence-electron chi connectivity index (χ4n) is 2.13. The molecular weight excluding hydrogens is 232 g/mol. The molecule has 4 heteroatoms. The summed E-state index contributed by atoms with van der Waals surface area (Å²) in [6, 6.07) is 7.73. The van der Waals surface area contributed by atoms with Crippen LogP contribution in [0.1, 0.15) is 11.1 Å². The molecule has 0 fully saturated rings. The number of carbonyl (C=O) groups excluding carboxylic acids is 2. The standard InChI is InChI=1S/C14H14O4/c1-17-13(15)11-7-9-5-3-4-6-10(9)8-12(11)14(16)18-2/h3-6H,7-8H2,1-2H3. The van der Waals surface area contributed by atoms with Crippen LogP contribution in [0.3, 0.4) is 0 Å². The zero-order valence-corrected chi connectivity index (χ0v) is 10.4. The maximum atomic E-state index is 11.7. The first-order valence-corrected chi connectivity index (χ1v) is 5.62. The van der Waals surface area contributed by atoms with E-state index >= 15 is 0 Å². The van der Waals surface area contributed by atoms with Gasteiger partial charge in [-0.25, -0.2) is 9.59 Å². The maximum absolute atomic E-state index is 11.7. The zero-order valence-electron chi connectivity index (χ0n) is 10.4. The molecule has 94 valence electrons. The van der Waals surface area contributed by atoms with E-state index in [-0.39, 0.29) is 0 Å². The van der Waals surface area contributed by atoms with Crippen LogP contribution in [-0.4, -0.2) is 26.2 Å². The molecule has 0 bridgehead atoms. The van der Waals surface area contributed by atoms with E-state index in [1.165, 1.54) is 14.2 Å². The van der Waals surface area contributed by atoms with Gasteiger partial charge in [-0.05, 0) is 11.1 Å². The molecule has 0 aromatic heterocycles. The number of methoxy groups -OCH3 is 2. The lowest BCUT2D eigenvalue weighted by Gasteiger charge is -2.20. The molecule has 2 rings (SSSR count). The van der Waals surface area contributed by atoms with Gasteiger partial charge < -0.3 is 9.47 Å². The van der Waals surface area contributed by atoms with E-state index in [0.29, 0.717) is 24.0 Å². The molecule has 4 nitrogen and oxygen atoms in total. The molecule has 0 unspecified atom stereocenters. The molecular formula is C14H14O4. The van der Waals surface area contributed by atoms with Gasteiger partial charge in [0.25, 0.3) is 0 Å². The number of hydrogen-bond donors (Lipinski definition) is 0. The largest absolute Gasteiger partial charge is 0.466 e. The summed E-state index contributed by atoms with van der Waals surface area (Å²) in [4.78, 5) is 23.4. The van der Waals surface area contributed by atoms with E-state index in [9.17, 15) is 9.59 Å². The monoisotopic (exact) mass is 246 g/mol. The van der Waals surface area contributed by atoms with Gasteiger partial charge >= 0.3 is 11.9 Å². The summed E-state index contributed by atoms with van der Waals surface area (Å²) in [6.45, 7) is 0. The second-order valence-corrected chi connectivity index (χ2v) is 4.06. The SMILES string of the molecule is COC(=O)C1=C(C(=O)OC)Cc2ccccc2C1. The first-order valence-electron chi connectivity index (χ1n) is 5.62. The van der Waals surface area contributed by atoms with Gasteiger partial charge in [-0.15, -0.1) is 0 Å². The Balaban J connectivity index is 2.45. The van der Waals surface area contributed by atoms with Crippen molar-refractivity contribution in [2.75, 3.05) is 14.2 Å². The molecule has 0 radical (unpaired) electrons. The van der Waals surface area contributed by atoms with Crippen molar-refractivity contribution in [2.45, 2.75) is 12.8 Å². The molecule has 0 N–H and O–H groups in total. The summed E-state index contributed by atoms with van der Waals surface area (Å²) in [7, 11) is 2.62. The number of fused-ring (bicyclic) bond motifs is 1. The lowest BCUT2D eigenvalue weighted by atomic mass is 9.86. The average molecular weight is 246 g/mol. The van der Waals surface area contributed by atoms with E-state index in [1.54, 1.807) is 0 Å². The molecule has 0 heterocycles. The number of rotatable bonds is 2. The first-order chi connectivity index (χ1) is 8.67. The van der Waals surface area contributed by atoms with E-state index < -0.39 is 11.9 Å². The predicted molar refractivity (Wildman–Crippen MR) is 64.9 cm³/mol. The van der Waals surface area contributed by atoms with Crippen LogP contribution in [0.25, 0.3) is 0 Å². The zero-order chi connectivity index (χ0) is 13.1. The van der Waals surface area contributed by atoms with E-state index in [0.717, 1.165) is 11.1 Å². The molecule has 0 saturated carbocycles. The van der Waals surface area contributed by atoms with E-state index in [2.05, 4.69) is 0 Å². The topological polar surface area (TPSA) is 52.6 Å². The smallest absolute Gasteiger partial charge is 0.334 e. The van der Waals surface area contributed by atoms with Crippen molar-refractivity contribution >= 4 is 11.9 Å². The Bertz CT molecular complexity index is 481. The van der Waals surface area contributed by atoms with Crippen molar-refractivity contribution in [2.24, 2.45) is 0 Å². The van der Waals surface area contributed by atoms with Crippen LogP contribution in [0.15, 0.2) is 35.4 Å². The van der Waals surface area contributed by atoms with Crippen LogP contribution in [0.5, 0.6) is 0 Å². The summed E-state index contributed by atoms with van der Waals surface area (Å²) in [5, 5.41) is 0. The Kier molecular flexibility index (Phi) is 3.46. The molecule has 0 aliphatic heterocycles. The summed E-state index contributed by atoms with van der Waals surface area (Å²) >= 11 is 0. The molecule has 0 atom stereocenters. The summed E-state index contributed by atoms with van der Waals surface area (Å²) in [5.41, 5.74) is 2.88. The second kappa shape index (κ2) is 5.04. The Labute approximate surface area is 105 Å². The van der Waals surface area contributed by atoms with Crippen molar-refractivity contribution in [3.63, 3.8) is 0 Å². The minimum absolute atomic E-state index is 0.392. The first kappa shape index (κ1) is 12.4. The van der Waals surface area contributed by atoms with Gasteiger partial charge in [0.15, 0.2) is 0 Å². The van der Waals surface area contributed by atoms with Gasteiger partial charge in [-0.3, -0.25) is 0 Å². The Hall–Kier alpha value is -2.10. The highest BCUT2D eigenvalue weighted by Crippen LogP contribution is 2.27. The van der Waals surface area contributed by atoms with E-state index in [4.69, 9.17) is 9.47 Å². The quantitative estimate of drug-likeness (QED) is 0.741. The average Bonchev–Trinajstić information content (AvgIpc) is 2.44. The summed E-state index contributed by atoms with van der Waals surface area (Å²) < 4.78 is 9.45. The lowest BCUT2D eigenvalue weighted by molar-refractivity contribution is -0.139. The molecule has 1 aromatic rings. The van der Waals surface area contributed by atoms with Gasteiger partial charge in [0.2, 0.25) is 0 Å². The molecule has 1 aliphatic carbocycles. The molecule has 18 heavy (non-hydrogen) atoms. The third-order valence-electron chi connectivity index (χ3n) is 3.08. The van der Waals surface area contributed by atoms with Gasteiger partial charge in [0, 0.05) is 12.8 Å². The number of esters is 2. The van der Waals surface area contributed by atoms with Crippen molar-refractivity contribution in [3.05, 3.63) is 46.5 Å². The molecule has 1 aromatic carbocycles. The minimum atomic E-state index is -0.468. The number of ether oxygens (including phenoxy) is 2. The minimum Gasteiger partial charge on any atom is -0.466 e.